The van der Waals surface area contributed by atoms with Crippen molar-refractivity contribution in [1.82, 2.24) is 19.1 Å². The third kappa shape index (κ3) is 3.16. The van der Waals surface area contributed by atoms with E-state index in [4.69, 9.17) is 15.9 Å². The predicted molar refractivity (Wildman–Crippen MR) is 100.0 cm³/mol. The number of aryl methyl sites for hydroxylation is 1. The molecule has 2 aromatic heterocycles. The lowest BCUT2D eigenvalue weighted by atomic mass is 10.2. The van der Waals surface area contributed by atoms with Crippen LogP contribution < -0.4 is 20.7 Å². The molecule has 8 nitrogen and oxygen atoms in total. The molecule has 3 rings (SSSR count). The Kier molecular flexibility index (Phi) is 4.73. The molecule has 27 heavy (non-hydrogen) atoms. The van der Waals surface area contributed by atoms with Gasteiger partial charge in [0.15, 0.2) is 28.5 Å². The molecule has 3 aromatic rings. The van der Waals surface area contributed by atoms with Crippen LogP contribution in [0.5, 0.6) is 11.5 Å². The average Bonchev–Trinajstić information content (AvgIpc) is 2.98. The van der Waals surface area contributed by atoms with Gasteiger partial charge in [0.1, 0.15) is 0 Å². The molecule has 0 spiro atoms. The Morgan fingerprint density at radius 2 is 1.93 bits per heavy atom. The zero-order valence-electron chi connectivity index (χ0n) is 15.0. The summed E-state index contributed by atoms with van der Waals surface area (Å²) in [4.78, 5) is 31.3. The van der Waals surface area contributed by atoms with Gasteiger partial charge in [0.05, 0.1) is 20.8 Å². The van der Waals surface area contributed by atoms with Crippen molar-refractivity contribution in [3.63, 3.8) is 0 Å². The number of hydrogen-bond acceptors (Lipinski definition) is 5. The molecule has 0 aliphatic carbocycles. The molecule has 0 atom stereocenters. The normalized spacial score (nSPS) is 10.1. The van der Waals surface area contributed by atoms with Crippen molar-refractivity contribution in [1.29, 1.82) is 0 Å². The molecule has 0 unspecified atom stereocenters. The van der Waals surface area contributed by atoms with Crippen molar-refractivity contribution < 1.29 is 9.47 Å². The molecular formula is C19H16N4O4. The Balaban J connectivity index is 2.10. The van der Waals surface area contributed by atoms with E-state index in [9.17, 15) is 9.59 Å². The Morgan fingerprint density at radius 1 is 1.19 bits per heavy atom. The van der Waals surface area contributed by atoms with E-state index in [2.05, 4.69) is 27.7 Å². The molecule has 0 fully saturated rings. The average molecular weight is 364 g/mol. The second-order valence-electron chi connectivity index (χ2n) is 5.54. The van der Waals surface area contributed by atoms with Crippen LogP contribution in [0, 0.1) is 24.2 Å². The van der Waals surface area contributed by atoms with Gasteiger partial charge in [-0.1, -0.05) is 11.8 Å². The number of aromatic nitrogens is 4. The quantitative estimate of drug-likeness (QED) is 0.683. The van der Waals surface area contributed by atoms with Crippen molar-refractivity contribution in [2.45, 2.75) is 6.54 Å². The van der Waals surface area contributed by atoms with Crippen LogP contribution in [-0.4, -0.2) is 33.3 Å². The van der Waals surface area contributed by atoms with Gasteiger partial charge in [-0.2, -0.15) is 0 Å². The van der Waals surface area contributed by atoms with E-state index in [1.54, 1.807) is 32.4 Å². The number of benzene rings is 1. The van der Waals surface area contributed by atoms with Crippen LogP contribution in [0.1, 0.15) is 11.4 Å². The fourth-order valence-corrected chi connectivity index (χ4v) is 2.61. The maximum atomic E-state index is 12.5. The maximum absolute atomic E-state index is 12.5. The van der Waals surface area contributed by atoms with Gasteiger partial charge in [0.25, 0.3) is 5.56 Å². The number of fused-ring (bicyclic) bond motifs is 1. The summed E-state index contributed by atoms with van der Waals surface area (Å²) < 4.78 is 12.9. The second-order valence-corrected chi connectivity index (χ2v) is 5.54. The number of rotatable bonds is 3. The van der Waals surface area contributed by atoms with Gasteiger partial charge in [-0.05, 0) is 24.1 Å². The zero-order chi connectivity index (χ0) is 19.6. The number of aromatic amines is 1. The first kappa shape index (κ1) is 17.9. The van der Waals surface area contributed by atoms with Crippen LogP contribution in [0.15, 0.2) is 27.8 Å². The standard InChI is InChI=1S/C19H16N4O4/c1-5-10-23-18(24)16-17(21-19(23)25)20-15(22(16)2)9-7-12-6-8-13(26-3)14(11-12)27-4/h1,6,8,11H,10H2,2-4H3,(H,21,25). The molecule has 0 saturated carbocycles. The molecule has 2 heterocycles. The minimum atomic E-state index is -0.608. The number of hydrogen-bond donors (Lipinski definition) is 1. The van der Waals surface area contributed by atoms with Crippen LogP contribution in [0.25, 0.3) is 11.2 Å². The number of ether oxygens (including phenoxy) is 2. The van der Waals surface area contributed by atoms with Gasteiger partial charge in [-0.25, -0.2) is 14.3 Å². The molecule has 136 valence electrons. The van der Waals surface area contributed by atoms with Gasteiger partial charge in [0.2, 0.25) is 0 Å². The number of H-pyrrole nitrogens is 1. The summed E-state index contributed by atoms with van der Waals surface area (Å²) in [5.41, 5.74) is -0.0550. The number of nitrogens with one attached hydrogen (secondary N) is 1. The van der Waals surface area contributed by atoms with Crippen molar-refractivity contribution in [2.24, 2.45) is 7.05 Å². The summed E-state index contributed by atoms with van der Waals surface area (Å²) in [6.45, 7) is -0.123. The maximum Gasteiger partial charge on any atom is 0.330 e. The lowest BCUT2D eigenvalue weighted by Gasteiger charge is -2.06. The van der Waals surface area contributed by atoms with E-state index in [0.717, 1.165) is 4.57 Å². The third-order valence-corrected chi connectivity index (χ3v) is 3.96. The summed E-state index contributed by atoms with van der Waals surface area (Å²) in [5, 5.41) is 0. The zero-order valence-corrected chi connectivity index (χ0v) is 15.0. The highest BCUT2D eigenvalue weighted by Crippen LogP contribution is 2.27. The van der Waals surface area contributed by atoms with Crippen molar-refractivity contribution >= 4 is 11.2 Å². The molecule has 0 aliphatic heterocycles. The fourth-order valence-electron chi connectivity index (χ4n) is 2.61. The number of imidazole rings is 1. The minimum Gasteiger partial charge on any atom is -0.493 e. The van der Waals surface area contributed by atoms with Gasteiger partial charge in [0, 0.05) is 12.6 Å². The van der Waals surface area contributed by atoms with Crippen molar-refractivity contribution in [2.75, 3.05) is 14.2 Å². The Labute approximate surface area is 154 Å². The summed E-state index contributed by atoms with van der Waals surface area (Å²) >= 11 is 0. The van der Waals surface area contributed by atoms with Gasteiger partial charge in [-0.15, -0.1) is 6.42 Å². The Bertz CT molecular complexity index is 1250. The first-order chi connectivity index (χ1) is 13.0. The molecule has 8 heteroatoms. The van der Waals surface area contributed by atoms with Crippen molar-refractivity contribution in [3.05, 3.63) is 50.4 Å². The third-order valence-electron chi connectivity index (χ3n) is 3.96. The SMILES string of the molecule is C#CCn1c(=O)[nH]c2nc(C#Cc3ccc(OC)c(OC)c3)n(C)c2c1=O. The molecule has 1 aromatic carbocycles. The van der Waals surface area contributed by atoms with E-state index in [1.807, 2.05) is 0 Å². The first-order valence-electron chi connectivity index (χ1n) is 7.87. The van der Waals surface area contributed by atoms with E-state index < -0.39 is 11.2 Å². The van der Waals surface area contributed by atoms with E-state index in [-0.39, 0.29) is 17.7 Å². The van der Waals surface area contributed by atoms with Gasteiger partial charge >= 0.3 is 5.69 Å². The van der Waals surface area contributed by atoms with Crippen LogP contribution in [0.3, 0.4) is 0 Å². The molecule has 0 amide bonds. The smallest absolute Gasteiger partial charge is 0.330 e. The molecule has 1 N–H and O–H groups in total. The van der Waals surface area contributed by atoms with E-state index in [0.29, 0.717) is 22.9 Å². The lowest BCUT2D eigenvalue weighted by Crippen LogP contribution is -2.35. The van der Waals surface area contributed by atoms with Crippen molar-refractivity contribution in [3.8, 4) is 35.7 Å². The minimum absolute atomic E-state index is 0.123. The van der Waals surface area contributed by atoms with Crippen LogP contribution in [0.2, 0.25) is 0 Å². The fraction of sp³-hybridized carbons (Fsp3) is 0.211. The monoisotopic (exact) mass is 364 g/mol. The Hall–Kier alpha value is -3.91. The van der Waals surface area contributed by atoms with E-state index in [1.165, 1.54) is 11.7 Å². The van der Waals surface area contributed by atoms with Crippen LogP contribution in [0.4, 0.5) is 0 Å². The summed E-state index contributed by atoms with van der Waals surface area (Å²) in [6.07, 6.45) is 5.22. The molecule has 0 bridgehead atoms. The second kappa shape index (κ2) is 7.14. The van der Waals surface area contributed by atoms with Gasteiger partial charge in [-0.3, -0.25) is 9.78 Å². The number of nitrogens with zero attached hydrogens (tertiary/aromatic N) is 3. The topological polar surface area (TPSA) is 91.1 Å². The number of methoxy groups -OCH3 is 2. The summed E-state index contributed by atoms with van der Waals surface area (Å²) in [7, 11) is 4.74. The Morgan fingerprint density at radius 3 is 2.59 bits per heavy atom. The summed E-state index contributed by atoms with van der Waals surface area (Å²) in [6, 6.07) is 5.25. The first-order valence-corrected chi connectivity index (χ1v) is 7.87. The molecular weight excluding hydrogens is 348 g/mol. The number of terminal acetylenes is 1. The largest absolute Gasteiger partial charge is 0.493 e. The molecule has 0 saturated heterocycles. The highest BCUT2D eigenvalue weighted by atomic mass is 16.5. The molecule has 0 aliphatic rings. The predicted octanol–water partition coefficient (Wildman–Crippen LogP) is 0.474. The molecule has 0 radical (unpaired) electrons. The summed E-state index contributed by atoms with van der Waals surface area (Å²) in [5.74, 6) is 9.62. The highest BCUT2D eigenvalue weighted by Gasteiger charge is 2.14. The van der Waals surface area contributed by atoms with E-state index >= 15 is 0 Å². The van der Waals surface area contributed by atoms with Crippen LogP contribution in [-0.2, 0) is 13.6 Å². The van der Waals surface area contributed by atoms with Gasteiger partial charge < -0.3 is 14.0 Å². The highest BCUT2D eigenvalue weighted by molar-refractivity contribution is 5.71. The lowest BCUT2D eigenvalue weighted by molar-refractivity contribution is 0.355. The van der Waals surface area contributed by atoms with Crippen LogP contribution >= 0.6 is 0 Å².